The molecule has 178 valence electrons. The third kappa shape index (κ3) is 4.79. The van der Waals surface area contributed by atoms with Gasteiger partial charge in [-0.1, -0.05) is 30.3 Å². The molecule has 1 saturated heterocycles. The second kappa shape index (κ2) is 9.13. The van der Waals surface area contributed by atoms with Gasteiger partial charge in [0.2, 0.25) is 10.0 Å². The van der Waals surface area contributed by atoms with Crippen LogP contribution in [0, 0.1) is 11.6 Å². The molecule has 1 atom stereocenters. The number of aliphatic carboxylic acids is 1. The molecule has 0 spiro atoms. The summed E-state index contributed by atoms with van der Waals surface area (Å²) in [5.41, 5.74) is 5.45. The minimum atomic E-state index is -3.95. The molecule has 0 aliphatic carbocycles. The molecular formula is C24H22F2N2O5S. The molecule has 3 aromatic carbocycles. The number of hydrogen-bond donors (Lipinski definition) is 2. The summed E-state index contributed by atoms with van der Waals surface area (Å²) in [6, 6.07) is 15.8. The molecule has 4 rings (SSSR count). The number of carboxylic acid groups (broad SMARTS) is 1. The zero-order valence-corrected chi connectivity index (χ0v) is 18.7. The van der Waals surface area contributed by atoms with Crippen molar-refractivity contribution < 1.29 is 31.8 Å². The Morgan fingerprint density at radius 2 is 1.71 bits per heavy atom. The van der Waals surface area contributed by atoms with Crippen LogP contribution in [-0.4, -0.2) is 42.9 Å². The standard InChI is InChI=1S/C24H22F2N2O5S/c25-18-9-7-17(8-10-18)24(33-20-5-2-4-19(26)13-20)14-28(15-24)34(31,32)21-6-1-3-16(11-21)12-22(27)23(29)30/h1-11,13,22H,12,14-15,27H2,(H,29,30)/t22-/m0/s1. The predicted octanol–water partition coefficient (Wildman–Crippen LogP) is 2.90. The number of nitrogens with zero attached hydrogens (tertiary/aromatic N) is 1. The Morgan fingerprint density at radius 1 is 1.03 bits per heavy atom. The highest BCUT2D eigenvalue weighted by Gasteiger charge is 2.52. The molecule has 1 heterocycles. The van der Waals surface area contributed by atoms with Crippen molar-refractivity contribution >= 4 is 16.0 Å². The lowest BCUT2D eigenvalue weighted by Gasteiger charge is -2.48. The number of carboxylic acids is 1. The van der Waals surface area contributed by atoms with Gasteiger partial charge < -0.3 is 15.6 Å². The van der Waals surface area contributed by atoms with E-state index in [0.717, 1.165) is 0 Å². The molecule has 0 radical (unpaired) electrons. The van der Waals surface area contributed by atoms with E-state index < -0.39 is 39.3 Å². The summed E-state index contributed by atoms with van der Waals surface area (Å²) in [4.78, 5) is 11.0. The van der Waals surface area contributed by atoms with Gasteiger partial charge in [-0.05, 0) is 53.9 Å². The molecule has 0 bridgehead atoms. The number of halogens is 2. The monoisotopic (exact) mass is 488 g/mol. The van der Waals surface area contributed by atoms with E-state index in [1.165, 1.54) is 65.0 Å². The van der Waals surface area contributed by atoms with Crippen LogP contribution in [0.15, 0.2) is 77.7 Å². The van der Waals surface area contributed by atoms with Crippen LogP contribution in [0.4, 0.5) is 8.78 Å². The van der Waals surface area contributed by atoms with Crippen LogP contribution in [0.5, 0.6) is 5.75 Å². The van der Waals surface area contributed by atoms with Crippen LogP contribution in [0.25, 0.3) is 0 Å². The van der Waals surface area contributed by atoms with Crippen molar-refractivity contribution in [1.29, 1.82) is 0 Å². The first kappa shape index (κ1) is 23.8. The van der Waals surface area contributed by atoms with Crippen molar-refractivity contribution in [2.75, 3.05) is 13.1 Å². The molecule has 10 heteroatoms. The van der Waals surface area contributed by atoms with Gasteiger partial charge in [0, 0.05) is 6.07 Å². The number of rotatable bonds is 8. The number of nitrogens with two attached hydrogens (primary N) is 1. The normalized spacial score (nSPS) is 16.4. The quantitative estimate of drug-likeness (QED) is 0.505. The second-order valence-corrected chi connectivity index (χ2v) is 10.1. The summed E-state index contributed by atoms with van der Waals surface area (Å²) in [7, 11) is -3.95. The van der Waals surface area contributed by atoms with Gasteiger partial charge in [0.05, 0.1) is 18.0 Å². The van der Waals surface area contributed by atoms with Crippen molar-refractivity contribution in [3.05, 3.63) is 95.6 Å². The topological polar surface area (TPSA) is 110 Å². The number of carbonyl (C=O) groups is 1. The van der Waals surface area contributed by atoms with Gasteiger partial charge in [-0.15, -0.1) is 0 Å². The Bertz CT molecular complexity index is 1310. The van der Waals surface area contributed by atoms with E-state index in [-0.39, 0.29) is 30.2 Å². The van der Waals surface area contributed by atoms with Gasteiger partial charge in [0.15, 0.2) is 5.60 Å². The average Bonchev–Trinajstić information content (AvgIpc) is 2.76. The summed E-state index contributed by atoms with van der Waals surface area (Å²) in [5.74, 6) is -1.93. The largest absolute Gasteiger partial charge is 0.480 e. The molecule has 0 amide bonds. The second-order valence-electron chi connectivity index (χ2n) is 8.13. The van der Waals surface area contributed by atoms with Crippen molar-refractivity contribution in [2.45, 2.75) is 23.0 Å². The van der Waals surface area contributed by atoms with Gasteiger partial charge in [0.25, 0.3) is 0 Å². The highest BCUT2D eigenvalue weighted by Crippen LogP contribution is 2.40. The molecule has 0 saturated carbocycles. The SMILES string of the molecule is N[C@@H](Cc1cccc(S(=O)(=O)N2CC(Oc3cccc(F)c3)(c3ccc(F)cc3)C2)c1)C(=O)O. The molecule has 3 aromatic rings. The van der Waals surface area contributed by atoms with Gasteiger partial charge in [0.1, 0.15) is 23.4 Å². The maximum absolute atomic E-state index is 13.7. The van der Waals surface area contributed by atoms with Crippen LogP contribution in [0.1, 0.15) is 11.1 Å². The van der Waals surface area contributed by atoms with Gasteiger partial charge >= 0.3 is 5.97 Å². The number of ether oxygens (including phenoxy) is 1. The van der Waals surface area contributed by atoms with E-state index in [2.05, 4.69) is 0 Å². The van der Waals surface area contributed by atoms with Crippen molar-refractivity contribution in [3.63, 3.8) is 0 Å². The summed E-state index contributed by atoms with van der Waals surface area (Å²) in [6.07, 6.45) is -0.0269. The third-order valence-corrected chi connectivity index (χ3v) is 7.44. The molecule has 3 N–H and O–H groups in total. The fourth-order valence-electron chi connectivity index (χ4n) is 3.83. The minimum Gasteiger partial charge on any atom is -0.480 e. The molecule has 1 aliphatic heterocycles. The Balaban J connectivity index is 1.60. The maximum atomic E-state index is 13.7. The third-order valence-electron chi connectivity index (χ3n) is 5.65. The molecule has 1 aliphatic rings. The van der Waals surface area contributed by atoms with Crippen molar-refractivity contribution in [2.24, 2.45) is 5.73 Å². The molecule has 1 fully saturated rings. The molecule has 34 heavy (non-hydrogen) atoms. The zero-order valence-electron chi connectivity index (χ0n) is 17.9. The van der Waals surface area contributed by atoms with Gasteiger partial charge in [-0.3, -0.25) is 4.79 Å². The lowest BCUT2D eigenvalue weighted by Crippen LogP contribution is -2.64. The first-order valence-electron chi connectivity index (χ1n) is 10.4. The van der Waals surface area contributed by atoms with Crippen LogP contribution in [-0.2, 0) is 26.8 Å². The number of benzene rings is 3. The average molecular weight is 489 g/mol. The van der Waals surface area contributed by atoms with E-state index in [1.807, 2.05) is 0 Å². The van der Waals surface area contributed by atoms with E-state index in [9.17, 15) is 22.0 Å². The fourth-order valence-corrected chi connectivity index (χ4v) is 5.44. The van der Waals surface area contributed by atoms with Crippen molar-refractivity contribution in [1.82, 2.24) is 4.31 Å². The van der Waals surface area contributed by atoms with E-state index >= 15 is 0 Å². The smallest absolute Gasteiger partial charge is 0.320 e. The molecule has 0 unspecified atom stereocenters. The highest BCUT2D eigenvalue weighted by molar-refractivity contribution is 7.89. The Labute approximate surface area is 195 Å². The van der Waals surface area contributed by atoms with Crippen LogP contribution >= 0.6 is 0 Å². The summed E-state index contributed by atoms with van der Waals surface area (Å²) in [6.45, 7) is -0.174. The van der Waals surface area contributed by atoms with Crippen LogP contribution < -0.4 is 10.5 Å². The molecular weight excluding hydrogens is 466 g/mol. The van der Waals surface area contributed by atoms with E-state index in [4.69, 9.17) is 15.6 Å². The summed E-state index contributed by atoms with van der Waals surface area (Å²) >= 11 is 0. The highest BCUT2D eigenvalue weighted by atomic mass is 32.2. The number of hydrogen-bond acceptors (Lipinski definition) is 5. The minimum absolute atomic E-state index is 0.0129. The van der Waals surface area contributed by atoms with Gasteiger partial charge in [-0.2, -0.15) is 4.31 Å². The lowest BCUT2D eigenvalue weighted by atomic mass is 9.87. The summed E-state index contributed by atoms with van der Waals surface area (Å²) < 4.78 is 61.0. The maximum Gasteiger partial charge on any atom is 0.320 e. The first-order valence-corrected chi connectivity index (χ1v) is 11.8. The molecule has 7 nitrogen and oxygen atoms in total. The Morgan fingerprint density at radius 3 is 2.35 bits per heavy atom. The zero-order chi connectivity index (χ0) is 24.5. The Kier molecular flexibility index (Phi) is 6.39. The predicted molar refractivity (Wildman–Crippen MR) is 120 cm³/mol. The first-order chi connectivity index (χ1) is 16.1. The lowest BCUT2D eigenvalue weighted by molar-refractivity contribution is -0.138. The fraction of sp³-hybridized carbons (Fsp3) is 0.208. The van der Waals surface area contributed by atoms with E-state index in [0.29, 0.717) is 11.1 Å². The summed E-state index contributed by atoms with van der Waals surface area (Å²) in [5, 5.41) is 9.02. The van der Waals surface area contributed by atoms with Gasteiger partial charge in [-0.25, -0.2) is 17.2 Å². The van der Waals surface area contributed by atoms with Crippen LogP contribution in [0.2, 0.25) is 0 Å². The Hall–Kier alpha value is -3.34. The molecule has 0 aromatic heterocycles. The van der Waals surface area contributed by atoms with Crippen molar-refractivity contribution in [3.8, 4) is 5.75 Å². The number of sulfonamides is 1. The van der Waals surface area contributed by atoms with Crippen LogP contribution in [0.3, 0.4) is 0 Å². The van der Waals surface area contributed by atoms with E-state index in [1.54, 1.807) is 12.1 Å².